The van der Waals surface area contributed by atoms with Gasteiger partial charge in [-0.1, -0.05) is 23.7 Å². The maximum atomic E-state index is 13.5. The summed E-state index contributed by atoms with van der Waals surface area (Å²) in [5.74, 6) is -0.255. The monoisotopic (exact) mass is 511 g/mol. The fraction of sp³-hybridized carbons (Fsp3) is 0.192. The van der Waals surface area contributed by atoms with Gasteiger partial charge in [-0.05, 0) is 84.9 Å². The summed E-state index contributed by atoms with van der Waals surface area (Å²) in [6.07, 6.45) is 0.442. The molecule has 1 aliphatic rings. The Morgan fingerprint density at radius 3 is 2.34 bits per heavy atom. The molecule has 1 atom stereocenters. The molecular formula is C26H23ClFN3O3S. The minimum absolute atomic E-state index is 0.0848. The predicted molar refractivity (Wildman–Crippen MR) is 138 cm³/mol. The topological polar surface area (TPSA) is 61.9 Å². The zero-order chi connectivity index (χ0) is 24.9. The first kappa shape index (κ1) is 24.6. The van der Waals surface area contributed by atoms with E-state index in [1.807, 2.05) is 0 Å². The number of nitrogens with one attached hydrogen (secondary N) is 1. The molecule has 3 aromatic carbocycles. The van der Waals surface area contributed by atoms with Crippen LogP contribution in [0.15, 0.2) is 72.8 Å². The summed E-state index contributed by atoms with van der Waals surface area (Å²) < 4.78 is 18.4. The molecule has 0 spiro atoms. The van der Waals surface area contributed by atoms with Gasteiger partial charge in [0.1, 0.15) is 17.6 Å². The standard InChI is InChI=1S/C26H23ClFN3O3S/c1-34-22-12-8-20(9-13-22)29-24(32)16-23-25(33)31(21-10-4-18(27)5-11-21)26(35)30(23)15-14-17-2-6-19(28)7-3-17/h2-13,23H,14-16H2,1H3,(H,29,32)/t23-/m1/s1. The van der Waals surface area contributed by atoms with Crippen molar-refractivity contribution in [2.24, 2.45) is 0 Å². The number of amides is 2. The average Bonchev–Trinajstić information content (AvgIpc) is 3.08. The molecule has 0 bridgehead atoms. The summed E-state index contributed by atoms with van der Waals surface area (Å²) in [7, 11) is 1.56. The van der Waals surface area contributed by atoms with Crippen LogP contribution < -0.4 is 15.0 Å². The van der Waals surface area contributed by atoms with Crippen LogP contribution in [0, 0.1) is 5.82 Å². The van der Waals surface area contributed by atoms with E-state index in [0.29, 0.717) is 40.2 Å². The van der Waals surface area contributed by atoms with Gasteiger partial charge in [0.25, 0.3) is 5.91 Å². The molecule has 0 radical (unpaired) electrons. The molecule has 1 fully saturated rings. The lowest BCUT2D eigenvalue weighted by Crippen LogP contribution is -2.39. The Bertz CT molecular complexity index is 1220. The average molecular weight is 512 g/mol. The molecule has 4 rings (SSSR count). The number of ether oxygens (including phenoxy) is 1. The first-order valence-corrected chi connectivity index (χ1v) is 11.7. The number of halogens is 2. The third kappa shape index (κ3) is 5.78. The Balaban J connectivity index is 1.54. The second-order valence-electron chi connectivity index (χ2n) is 8.00. The van der Waals surface area contributed by atoms with E-state index in [1.54, 1.807) is 72.7 Å². The molecule has 6 nitrogen and oxygen atoms in total. The fourth-order valence-corrected chi connectivity index (χ4v) is 4.42. The van der Waals surface area contributed by atoms with Gasteiger partial charge < -0.3 is 15.0 Å². The normalized spacial score (nSPS) is 15.5. The highest BCUT2D eigenvalue weighted by Gasteiger charge is 2.43. The number of methoxy groups -OCH3 is 1. The van der Waals surface area contributed by atoms with Gasteiger partial charge in [0.15, 0.2) is 5.11 Å². The van der Waals surface area contributed by atoms with Crippen molar-refractivity contribution in [1.29, 1.82) is 0 Å². The summed E-state index contributed by atoms with van der Waals surface area (Å²) >= 11 is 11.7. The van der Waals surface area contributed by atoms with E-state index in [2.05, 4.69) is 5.32 Å². The van der Waals surface area contributed by atoms with Crippen molar-refractivity contribution in [3.8, 4) is 5.75 Å². The van der Waals surface area contributed by atoms with Crippen molar-refractivity contribution in [3.63, 3.8) is 0 Å². The smallest absolute Gasteiger partial charge is 0.256 e. The van der Waals surface area contributed by atoms with Crippen molar-refractivity contribution in [3.05, 3.63) is 89.2 Å². The van der Waals surface area contributed by atoms with Crippen molar-refractivity contribution in [2.75, 3.05) is 23.9 Å². The molecule has 1 N–H and O–H groups in total. The quantitative estimate of drug-likeness (QED) is 0.428. The Morgan fingerprint density at radius 2 is 1.71 bits per heavy atom. The molecule has 1 heterocycles. The first-order chi connectivity index (χ1) is 16.9. The van der Waals surface area contributed by atoms with Crippen LogP contribution in [-0.2, 0) is 16.0 Å². The molecule has 35 heavy (non-hydrogen) atoms. The number of hydrogen-bond acceptors (Lipinski definition) is 4. The van der Waals surface area contributed by atoms with Gasteiger partial charge in [0, 0.05) is 17.3 Å². The van der Waals surface area contributed by atoms with Crippen LogP contribution in [0.1, 0.15) is 12.0 Å². The Labute approximate surface area is 213 Å². The van der Waals surface area contributed by atoms with Crippen molar-refractivity contribution >= 4 is 52.1 Å². The van der Waals surface area contributed by atoms with Gasteiger partial charge in [-0.25, -0.2) is 4.39 Å². The van der Waals surface area contributed by atoms with Crippen LogP contribution in [0.5, 0.6) is 5.75 Å². The lowest BCUT2D eigenvalue weighted by molar-refractivity contribution is -0.124. The largest absolute Gasteiger partial charge is 0.497 e. The highest BCUT2D eigenvalue weighted by Crippen LogP contribution is 2.29. The zero-order valence-electron chi connectivity index (χ0n) is 18.9. The number of carbonyl (C=O) groups excluding carboxylic acids is 2. The van der Waals surface area contributed by atoms with Gasteiger partial charge in [0.2, 0.25) is 5.91 Å². The highest BCUT2D eigenvalue weighted by atomic mass is 35.5. The number of nitrogens with zero attached hydrogens (tertiary/aromatic N) is 2. The van der Waals surface area contributed by atoms with E-state index in [0.717, 1.165) is 5.56 Å². The van der Waals surface area contributed by atoms with Crippen molar-refractivity contribution in [2.45, 2.75) is 18.9 Å². The number of carbonyl (C=O) groups is 2. The van der Waals surface area contributed by atoms with E-state index in [9.17, 15) is 14.0 Å². The molecule has 0 aromatic heterocycles. The Morgan fingerprint density at radius 1 is 1.06 bits per heavy atom. The van der Waals surface area contributed by atoms with Crippen LogP contribution in [-0.4, -0.2) is 41.5 Å². The number of anilines is 2. The molecule has 2 amide bonds. The predicted octanol–water partition coefficient (Wildman–Crippen LogP) is 5.06. The molecule has 180 valence electrons. The molecule has 0 aliphatic carbocycles. The number of hydrogen-bond donors (Lipinski definition) is 1. The maximum Gasteiger partial charge on any atom is 0.256 e. The SMILES string of the molecule is COc1ccc(NC(=O)C[C@@H]2C(=O)N(c3ccc(Cl)cc3)C(=S)N2CCc2ccc(F)cc2)cc1. The maximum absolute atomic E-state index is 13.5. The summed E-state index contributed by atoms with van der Waals surface area (Å²) in [6.45, 7) is 0.390. The number of benzene rings is 3. The number of thiocarbonyl (C=S) groups is 1. The van der Waals surface area contributed by atoms with Crippen LogP contribution in [0.25, 0.3) is 0 Å². The Kier molecular flexibility index (Phi) is 7.63. The Hall–Kier alpha value is -3.49. The van der Waals surface area contributed by atoms with Gasteiger partial charge in [-0.3, -0.25) is 14.5 Å². The van der Waals surface area contributed by atoms with Crippen LogP contribution in [0.3, 0.4) is 0 Å². The highest BCUT2D eigenvalue weighted by molar-refractivity contribution is 7.80. The van der Waals surface area contributed by atoms with Crippen molar-refractivity contribution in [1.82, 2.24) is 4.90 Å². The fourth-order valence-electron chi connectivity index (χ4n) is 3.88. The van der Waals surface area contributed by atoms with Crippen molar-refractivity contribution < 1.29 is 18.7 Å². The van der Waals surface area contributed by atoms with Crippen LogP contribution >= 0.6 is 23.8 Å². The zero-order valence-corrected chi connectivity index (χ0v) is 20.5. The van der Waals surface area contributed by atoms with E-state index >= 15 is 0 Å². The molecule has 3 aromatic rings. The van der Waals surface area contributed by atoms with Crippen LogP contribution in [0.4, 0.5) is 15.8 Å². The second kappa shape index (κ2) is 10.8. The lowest BCUT2D eigenvalue weighted by Gasteiger charge is -2.24. The molecule has 1 aliphatic heterocycles. The third-order valence-electron chi connectivity index (χ3n) is 5.71. The van der Waals surface area contributed by atoms with Gasteiger partial charge in [-0.15, -0.1) is 0 Å². The molecule has 9 heteroatoms. The lowest BCUT2D eigenvalue weighted by atomic mass is 10.1. The van der Waals surface area contributed by atoms with Gasteiger partial charge in [0.05, 0.1) is 19.2 Å². The molecule has 0 unspecified atom stereocenters. The molecule has 0 saturated carbocycles. The summed E-state index contributed by atoms with van der Waals surface area (Å²) in [5, 5.41) is 3.67. The van der Waals surface area contributed by atoms with Gasteiger partial charge in [-0.2, -0.15) is 0 Å². The minimum Gasteiger partial charge on any atom is -0.497 e. The van der Waals surface area contributed by atoms with E-state index in [1.165, 1.54) is 17.0 Å². The number of rotatable bonds is 8. The summed E-state index contributed by atoms with van der Waals surface area (Å²) in [5.41, 5.74) is 2.07. The third-order valence-corrected chi connectivity index (χ3v) is 6.38. The first-order valence-electron chi connectivity index (χ1n) is 10.9. The van der Waals surface area contributed by atoms with E-state index < -0.39 is 6.04 Å². The molecule has 1 saturated heterocycles. The summed E-state index contributed by atoms with van der Waals surface area (Å²) in [6, 6.07) is 19.1. The van der Waals surface area contributed by atoms with E-state index in [4.69, 9.17) is 28.6 Å². The molecular weight excluding hydrogens is 489 g/mol. The van der Waals surface area contributed by atoms with E-state index in [-0.39, 0.29) is 24.1 Å². The van der Waals surface area contributed by atoms with Crippen LogP contribution in [0.2, 0.25) is 5.02 Å². The van der Waals surface area contributed by atoms with Gasteiger partial charge >= 0.3 is 0 Å². The second-order valence-corrected chi connectivity index (χ2v) is 8.80. The minimum atomic E-state index is -0.781. The summed E-state index contributed by atoms with van der Waals surface area (Å²) in [4.78, 5) is 29.5.